The number of hydrogen-bond acceptors (Lipinski definition) is 7. The minimum atomic E-state index is -2.57. The highest BCUT2D eigenvalue weighted by molar-refractivity contribution is 6.60. The number of rotatable bonds is 15. The van der Waals surface area contributed by atoms with Crippen LogP contribution >= 0.6 is 0 Å². The van der Waals surface area contributed by atoms with Crippen molar-refractivity contribution in [1.29, 1.82) is 0 Å². The molecule has 0 atom stereocenters. The Morgan fingerprint density at radius 1 is 0.931 bits per heavy atom. The molecule has 8 heteroatoms. The van der Waals surface area contributed by atoms with E-state index in [4.69, 9.17) is 27.9 Å². The molecule has 29 heavy (non-hydrogen) atoms. The van der Waals surface area contributed by atoms with Gasteiger partial charge in [-0.1, -0.05) is 0 Å². The lowest BCUT2D eigenvalue weighted by molar-refractivity contribution is 0.0632. The highest BCUT2D eigenvalue weighted by Gasteiger charge is 2.39. The zero-order chi connectivity index (χ0) is 22.0. The van der Waals surface area contributed by atoms with Gasteiger partial charge < -0.3 is 27.9 Å². The molecule has 0 spiro atoms. The van der Waals surface area contributed by atoms with E-state index in [1.807, 2.05) is 20.8 Å². The number of hydrogen-bond donors (Lipinski definition) is 1. The standard InChI is InChI=1S/C18H30O6Si.C3H8O/c1-4-22-25(23-5-2,24-6-3)15-7-12-20-13-14-21-18-10-8-17(16-19)9-11-18;1-3(2)4/h8-11,16H,4-7,12-15H2,1-3H3;3-4H,1-2H3. The van der Waals surface area contributed by atoms with Crippen molar-refractivity contribution in [3.8, 4) is 5.75 Å². The Morgan fingerprint density at radius 3 is 1.90 bits per heavy atom. The lowest BCUT2D eigenvalue weighted by Crippen LogP contribution is -2.46. The maximum atomic E-state index is 10.6. The minimum Gasteiger partial charge on any atom is -0.491 e. The van der Waals surface area contributed by atoms with Crippen molar-refractivity contribution in [2.75, 3.05) is 39.6 Å². The van der Waals surface area contributed by atoms with E-state index in [0.29, 0.717) is 45.2 Å². The van der Waals surface area contributed by atoms with Crippen molar-refractivity contribution >= 4 is 15.1 Å². The molecular formula is C21H38O7Si. The number of aldehydes is 1. The minimum absolute atomic E-state index is 0.167. The predicted octanol–water partition coefficient (Wildman–Crippen LogP) is 3.72. The molecule has 0 aliphatic heterocycles. The van der Waals surface area contributed by atoms with Crippen LogP contribution < -0.4 is 4.74 Å². The second kappa shape index (κ2) is 17.6. The maximum Gasteiger partial charge on any atom is 0.501 e. The SMILES string of the molecule is CC(C)O.CCO[Si](CCCOCCOc1ccc(C=O)cc1)(OCC)OCC. The summed E-state index contributed by atoms with van der Waals surface area (Å²) in [5, 5.41) is 8.06. The first-order chi connectivity index (χ1) is 13.9. The van der Waals surface area contributed by atoms with E-state index in [1.54, 1.807) is 38.1 Å². The first-order valence-electron chi connectivity index (χ1n) is 10.3. The van der Waals surface area contributed by atoms with E-state index >= 15 is 0 Å². The number of aliphatic hydroxyl groups is 1. The fourth-order valence-electron chi connectivity index (χ4n) is 2.36. The van der Waals surface area contributed by atoms with Gasteiger partial charge >= 0.3 is 8.80 Å². The fraction of sp³-hybridized carbons (Fsp3) is 0.667. The normalized spacial score (nSPS) is 11.1. The molecule has 0 unspecified atom stereocenters. The van der Waals surface area contributed by atoms with E-state index in [1.165, 1.54) is 0 Å². The molecule has 0 radical (unpaired) electrons. The Balaban J connectivity index is 0.00000178. The molecule has 1 rings (SSSR count). The van der Waals surface area contributed by atoms with Crippen LogP contribution in [0.3, 0.4) is 0 Å². The second-order valence-corrected chi connectivity index (χ2v) is 9.06. The van der Waals surface area contributed by atoms with Gasteiger partial charge in [-0.15, -0.1) is 0 Å². The van der Waals surface area contributed by atoms with Gasteiger partial charge in [0.05, 0.1) is 6.61 Å². The summed E-state index contributed by atoms with van der Waals surface area (Å²) in [5.74, 6) is 0.727. The zero-order valence-corrected chi connectivity index (χ0v) is 19.5. The van der Waals surface area contributed by atoms with Crippen LogP contribution in [0.15, 0.2) is 24.3 Å². The number of carbonyl (C=O) groups is 1. The summed E-state index contributed by atoms with van der Waals surface area (Å²) in [7, 11) is -2.57. The second-order valence-electron chi connectivity index (χ2n) is 6.33. The Hall–Kier alpha value is -1.29. The molecule has 0 aliphatic carbocycles. The number of carbonyl (C=O) groups excluding carboxylic acids is 1. The van der Waals surface area contributed by atoms with E-state index in [0.717, 1.165) is 24.5 Å². The van der Waals surface area contributed by atoms with Crippen molar-refractivity contribution in [3.05, 3.63) is 29.8 Å². The summed E-state index contributed by atoms with van der Waals surface area (Å²) in [6, 6.07) is 7.74. The zero-order valence-electron chi connectivity index (χ0n) is 18.5. The van der Waals surface area contributed by atoms with E-state index < -0.39 is 8.80 Å². The predicted molar refractivity (Wildman–Crippen MR) is 116 cm³/mol. The van der Waals surface area contributed by atoms with Crippen LogP contribution in [0.5, 0.6) is 5.75 Å². The van der Waals surface area contributed by atoms with Gasteiger partial charge in [0.2, 0.25) is 0 Å². The average Bonchev–Trinajstić information content (AvgIpc) is 2.68. The van der Waals surface area contributed by atoms with Crippen LogP contribution in [-0.4, -0.2) is 65.9 Å². The van der Waals surface area contributed by atoms with Crippen molar-refractivity contribution in [2.24, 2.45) is 0 Å². The molecule has 0 bridgehead atoms. The molecule has 0 saturated heterocycles. The molecule has 1 N–H and O–H groups in total. The molecule has 0 fully saturated rings. The van der Waals surface area contributed by atoms with Gasteiger partial charge in [0.25, 0.3) is 0 Å². The molecular weight excluding hydrogens is 392 g/mol. The van der Waals surface area contributed by atoms with Gasteiger partial charge in [-0.2, -0.15) is 0 Å². The van der Waals surface area contributed by atoms with Gasteiger partial charge in [0.1, 0.15) is 18.6 Å². The Morgan fingerprint density at radius 2 is 1.45 bits per heavy atom. The quantitative estimate of drug-likeness (QED) is 0.258. The Labute approximate surface area is 176 Å². The molecule has 1 aromatic carbocycles. The molecule has 0 heterocycles. The van der Waals surface area contributed by atoms with Crippen LogP contribution in [0.2, 0.25) is 6.04 Å². The number of ether oxygens (including phenoxy) is 2. The summed E-state index contributed by atoms with van der Waals surface area (Å²) in [6.07, 6.45) is 1.46. The smallest absolute Gasteiger partial charge is 0.491 e. The van der Waals surface area contributed by atoms with Crippen molar-refractivity contribution in [1.82, 2.24) is 0 Å². The Bertz CT molecular complexity index is 488. The summed E-state index contributed by atoms with van der Waals surface area (Å²) in [4.78, 5) is 10.6. The van der Waals surface area contributed by atoms with Crippen LogP contribution in [0, 0.1) is 0 Å². The lowest BCUT2D eigenvalue weighted by Gasteiger charge is -2.28. The van der Waals surface area contributed by atoms with Crippen LogP contribution in [-0.2, 0) is 18.0 Å². The van der Waals surface area contributed by atoms with Gasteiger partial charge in [0.15, 0.2) is 0 Å². The highest BCUT2D eigenvalue weighted by Crippen LogP contribution is 2.18. The average molecular weight is 431 g/mol. The first kappa shape index (κ1) is 27.7. The van der Waals surface area contributed by atoms with E-state index in [-0.39, 0.29) is 6.10 Å². The molecule has 1 aromatic rings. The summed E-state index contributed by atoms with van der Waals surface area (Å²) in [6.45, 7) is 12.6. The summed E-state index contributed by atoms with van der Waals surface area (Å²) in [5.41, 5.74) is 0.633. The molecule has 7 nitrogen and oxygen atoms in total. The van der Waals surface area contributed by atoms with Crippen LogP contribution in [0.1, 0.15) is 51.4 Å². The third-order valence-corrected chi connectivity index (χ3v) is 6.53. The largest absolute Gasteiger partial charge is 0.501 e. The third-order valence-electron chi connectivity index (χ3n) is 3.38. The maximum absolute atomic E-state index is 10.6. The molecule has 0 saturated carbocycles. The first-order valence-corrected chi connectivity index (χ1v) is 12.2. The molecule has 0 aromatic heterocycles. The number of aliphatic hydroxyl groups excluding tert-OH is 1. The topological polar surface area (TPSA) is 83.5 Å². The van der Waals surface area contributed by atoms with Crippen LogP contribution in [0.25, 0.3) is 0 Å². The van der Waals surface area contributed by atoms with E-state index in [9.17, 15) is 4.79 Å². The summed E-state index contributed by atoms with van der Waals surface area (Å²) < 4.78 is 28.6. The highest BCUT2D eigenvalue weighted by atomic mass is 28.4. The van der Waals surface area contributed by atoms with Crippen LogP contribution in [0.4, 0.5) is 0 Å². The molecule has 0 amide bonds. The molecule has 0 aliphatic rings. The van der Waals surface area contributed by atoms with Gasteiger partial charge in [-0.25, -0.2) is 0 Å². The van der Waals surface area contributed by atoms with Gasteiger partial charge in [-0.3, -0.25) is 4.79 Å². The monoisotopic (exact) mass is 430 g/mol. The van der Waals surface area contributed by atoms with E-state index in [2.05, 4.69) is 0 Å². The lowest BCUT2D eigenvalue weighted by atomic mass is 10.2. The Kier molecular flexibility index (Phi) is 16.8. The van der Waals surface area contributed by atoms with Gasteiger partial charge in [0, 0.05) is 44.1 Å². The summed E-state index contributed by atoms with van der Waals surface area (Å²) >= 11 is 0. The third kappa shape index (κ3) is 14.3. The van der Waals surface area contributed by atoms with Crippen molar-refractivity contribution in [2.45, 2.75) is 53.2 Å². The molecule has 168 valence electrons. The van der Waals surface area contributed by atoms with Crippen molar-refractivity contribution < 1.29 is 32.7 Å². The number of benzene rings is 1. The fourth-order valence-corrected chi connectivity index (χ4v) is 4.93. The van der Waals surface area contributed by atoms with Crippen molar-refractivity contribution in [3.63, 3.8) is 0 Å². The van der Waals surface area contributed by atoms with Gasteiger partial charge in [-0.05, 0) is 65.3 Å².